The van der Waals surface area contributed by atoms with Crippen LogP contribution in [-0.4, -0.2) is 0 Å². The van der Waals surface area contributed by atoms with Gasteiger partial charge in [-0.25, -0.2) is 0 Å². The minimum Gasteiger partial charge on any atom is -0.489 e. The summed E-state index contributed by atoms with van der Waals surface area (Å²) in [4.78, 5) is 1.21. The normalized spacial score (nSPS) is 10.9. The molecule has 0 radical (unpaired) electrons. The Bertz CT molecular complexity index is 738. The fraction of sp³-hybridized carbons (Fsp3) is 0.125. The third-order valence-electron chi connectivity index (χ3n) is 3.15. The van der Waals surface area contributed by atoms with Crippen LogP contribution in [0.1, 0.15) is 10.4 Å². The maximum Gasteiger partial charge on any atom is 0.120 e. The van der Waals surface area contributed by atoms with Crippen molar-refractivity contribution in [3.8, 4) is 5.75 Å². The molecule has 20 heavy (non-hydrogen) atoms. The Labute approximate surface area is 135 Å². The molecule has 0 spiro atoms. The van der Waals surface area contributed by atoms with E-state index >= 15 is 0 Å². The van der Waals surface area contributed by atoms with Gasteiger partial charge in [0.1, 0.15) is 12.4 Å². The summed E-state index contributed by atoms with van der Waals surface area (Å²) >= 11 is 4.04. The number of rotatable bonds is 4. The maximum absolute atomic E-state index is 5.93. The summed E-state index contributed by atoms with van der Waals surface area (Å²) in [5.74, 6) is 0.898. The molecular formula is C16H14INOS. The van der Waals surface area contributed by atoms with Gasteiger partial charge in [-0.2, -0.15) is 0 Å². The van der Waals surface area contributed by atoms with E-state index in [2.05, 4.69) is 52.9 Å². The molecule has 0 aliphatic heterocycles. The summed E-state index contributed by atoms with van der Waals surface area (Å²) in [5.41, 5.74) is 7.08. The summed E-state index contributed by atoms with van der Waals surface area (Å²) in [7, 11) is 0. The number of fused-ring (bicyclic) bond motifs is 1. The van der Waals surface area contributed by atoms with Crippen LogP contribution < -0.4 is 10.5 Å². The number of hydrogen-bond donors (Lipinski definition) is 1. The van der Waals surface area contributed by atoms with Gasteiger partial charge in [-0.15, -0.1) is 11.3 Å². The fourth-order valence-corrected chi connectivity index (χ4v) is 3.79. The van der Waals surface area contributed by atoms with Crippen molar-refractivity contribution in [2.45, 2.75) is 13.2 Å². The highest BCUT2D eigenvalue weighted by Gasteiger charge is 2.11. The molecule has 4 heteroatoms. The van der Waals surface area contributed by atoms with E-state index in [1.165, 1.54) is 24.1 Å². The molecule has 0 fully saturated rings. The fourth-order valence-electron chi connectivity index (χ4n) is 2.18. The Morgan fingerprint density at radius 3 is 2.75 bits per heavy atom. The number of thiophene rings is 1. The molecule has 0 aliphatic carbocycles. The van der Waals surface area contributed by atoms with Crippen molar-refractivity contribution in [3.05, 3.63) is 62.5 Å². The molecule has 102 valence electrons. The summed E-state index contributed by atoms with van der Waals surface area (Å²) in [5, 5.41) is 1.25. The van der Waals surface area contributed by atoms with Gasteiger partial charge in [0.05, 0.1) is 0 Å². The van der Waals surface area contributed by atoms with Crippen LogP contribution in [0.2, 0.25) is 0 Å². The van der Waals surface area contributed by atoms with E-state index in [4.69, 9.17) is 10.5 Å². The maximum atomic E-state index is 5.93. The number of halogens is 1. The van der Waals surface area contributed by atoms with Crippen molar-refractivity contribution < 1.29 is 4.74 Å². The van der Waals surface area contributed by atoms with Crippen molar-refractivity contribution in [2.24, 2.45) is 5.73 Å². The van der Waals surface area contributed by atoms with Gasteiger partial charge < -0.3 is 10.5 Å². The molecule has 3 rings (SSSR count). The lowest BCUT2D eigenvalue weighted by molar-refractivity contribution is 0.307. The average molecular weight is 395 g/mol. The second kappa shape index (κ2) is 6.11. The van der Waals surface area contributed by atoms with Crippen LogP contribution in [0.15, 0.2) is 48.5 Å². The van der Waals surface area contributed by atoms with Gasteiger partial charge in [-0.05, 0) is 52.2 Å². The molecule has 0 amide bonds. The van der Waals surface area contributed by atoms with Gasteiger partial charge in [0.15, 0.2) is 0 Å². The number of benzene rings is 2. The molecule has 0 saturated heterocycles. The molecule has 1 aromatic heterocycles. The minimum absolute atomic E-state index is 0.560. The van der Waals surface area contributed by atoms with E-state index in [1.54, 1.807) is 11.3 Å². The second-order valence-corrected chi connectivity index (χ2v) is 6.83. The first kappa shape index (κ1) is 13.9. The molecule has 0 bridgehead atoms. The molecule has 2 N–H and O–H groups in total. The highest BCUT2D eigenvalue weighted by molar-refractivity contribution is 14.1. The van der Waals surface area contributed by atoms with Crippen LogP contribution in [0.25, 0.3) is 10.1 Å². The van der Waals surface area contributed by atoms with Gasteiger partial charge in [0, 0.05) is 25.3 Å². The van der Waals surface area contributed by atoms with Crippen molar-refractivity contribution in [1.29, 1.82) is 0 Å². The van der Waals surface area contributed by atoms with E-state index in [-0.39, 0.29) is 0 Å². The van der Waals surface area contributed by atoms with Gasteiger partial charge in [-0.3, -0.25) is 0 Å². The Morgan fingerprint density at radius 2 is 1.95 bits per heavy atom. The van der Waals surface area contributed by atoms with Crippen molar-refractivity contribution in [1.82, 2.24) is 0 Å². The van der Waals surface area contributed by atoms with Crippen molar-refractivity contribution >= 4 is 44.0 Å². The third-order valence-corrected chi connectivity index (χ3v) is 5.05. The topological polar surface area (TPSA) is 35.2 Å². The van der Waals surface area contributed by atoms with Gasteiger partial charge >= 0.3 is 0 Å². The smallest absolute Gasteiger partial charge is 0.120 e. The Kier molecular flexibility index (Phi) is 4.24. The summed E-state index contributed by atoms with van der Waals surface area (Å²) < 4.78 is 8.38. The predicted molar refractivity (Wildman–Crippen MR) is 93.2 cm³/mol. The lowest BCUT2D eigenvalue weighted by atomic mass is 10.1. The van der Waals surface area contributed by atoms with Gasteiger partial charge in [0.2, 0.25) is 0 Å². The predicted octanol–water partition coefficient (Wildman–Crippen LogP) is 4.54. The largest absolute Gasteiger partial charge is 0.489 e. The van der Waals surface area contributed by atoms with Crippen LogP contribution in [0.3, 0.4) is 0 Å². The summed E-state index contributed by atoms with van der Waals surface area (Å²) in [6.45, 7) is 1.13. The lowest BCUT2D eigenvalue weighted by Crippen LogP contribution is -2.01. The summed E-state index contributed by atoms with van der Waals surface area (Å²) in [6.07, 6.45) is 0. The zero-order valence-corrected chi connectivity index (χ0v) is 13.8. The Morgan fingerprint density at radius 1 is 1.10 bits per heavy atom. The van der Waals surface area contributed by atoms with E-state index in [9.17, 15) is 0 Å². The standard InChI is InChI=1S/C16H14INOS/c17-11-4-3-5-12(8-11)19-10-14-13-6-1-2-7-15(13)20-16(14)9-18/h1-8H,9-10,18H2. The van der Waals surface area contributed by atoms with Crippen molar-refractivity contribution in [2.75, 3.05) is 0 Å². The zero-order chi connectivity index (χ0) is 13.9. The van der Waals surface area contributed by atoms with Crippen LogP contribution in [0.4, 0.5) is 0 Å². The molecule has 0 saturated carbocycles. The third kappa shape index (κ3) is 2.82. The van der Waals surface area contributed by atoms with Crippen molar-refractivity contribution in [3.63, 3.8) is 0 Å². The first-order chi connectivity index (χ1) is 9.78. The van der Waals surface area contributed by atoms with E-state index in [0.717, 1.165) is 5.75 Å². The Hall–Kier alpha value is -1.11. The van der Waals surface area contributed by atoms with Gasteiger partial charge in [-0.1, -0.05) is 24.3 Å². The molecular weight excluding hydrogens is 381 g/mol. The first-order valence-electron chi connectivity index (χ1n) is 6.35. The lowest BCUT2D eigenvalue weighted by Gasteiger charge is -2.07. The molecule has 0 atom stereocenters. The molecule has 1 heterocycles. The Balaban J connectivity index is 1.90. The first-order valence-corrected chi connectivity index (χ1v) is 8.25. The molecule has 2 nitrogen and oxygen atoms in total. The monoisotopic (exact) mass is 395 g/mol. The van der Waals surface area contributed by atoms with E-state index in [0.29, 0.717) is 13.2 Å². The molecule has 0 unspecified atom stereocenters. The van der Waals surface area contributed by atoms with Crippen LogP contribution in [0, 0.1) is 3.57 Å². The molecule has 3 aromatic rings. The number of hydrogen-bond acceptors (Lipinski definition) is 3. The van der Waals surface area contributed by atoms with Gasteiger partial charge in [0.25, 0.3) is 0 Å². The zero-order valence-electron chi connectivity index (χ0n) is 10.8. The van der Waals surface area contributed by atoms with Crippen LogP contribution in [0.5, 0.6) is 5.75 Å². The van der Waals surface area contributed by atoms with E-state index < -0.39 is 0 Å². The average Bonchev–Trinajstić information content (AvgIpc) is 2.83. The number of nitrogens with two attached hydrogens (primary N) is 1. The van der Waals surface area contributed by atoms with Crippen LogP contribution >= 0.6 is 33.9 Å². The van der Waals surface area contributed by atoms with E-state index in [1.807, 2.05) is 18.2 Å². The number of ether oxygens (including phenoxy) is 1. The second-order valence-electron chi connectivity index (χ2n) is 4.45. The summed E-state index contributed by atoms with van der Waals surface area (Å²) in [6, 6.07) is 16.5. The highest BCUT2D eigenvalue weighted by atomic mass is 127. The SMILES string of the molecule is NCc1sc2ccccc2c1COc1cccc(I)c1. The highest BCUT2D eigenvalue weighted by Crippen LogP contribution is 2.32. The quantitative estimate of drug-likeness (QED) is 0.659. The van der Waals surface area contributed by atoms with Crippen LogP contribution in [-0.2, 0) is 13.2 Å². The minimum atomic E-state index is 0.560. The molecule has 2 aromatic carbocycles. The molecule has 0 aliphatic rings.